The molecule has 1 aliphatic heterocycles. The van der Waals surface area contributed by atoms with Crippen LogP contribution < -0.4 is 4.74 Å². The third-order valence-corrected chi connectivity index (χ3v) is 7.98. The van der Waals surface area contributed by atoms with Crippen LogP contribution in [0.15, 0.2) is 48.0 Å². The summed E-state index contributed by atoms with van der Waals surface area (Å²) in [5, 5.41) is 11.2. The number of carboxylic acids is 1. The number of carboxylic acid groups (broad SMARTS) is 1. The number of ether oxygens (including phenoxy) is 1. The number of aliphatic carboxylic acids is 1. The molecule has 0 radical (unpaired) electrons. The van der Waals surface area contributed by atoms with Gasteiger partial charge in [-0.2, -0.15) is 0 Å². The number of rotatable bonds is 11. The minimum Gasteiger partial charge on any atom is -0.497 e. The highest BCUT2D eigenvalue weighted by Gasteiger charge is 2.31. The van der Waals surface area contributed by atoms with E-state index in [0.29, 0.717) is 24.2 Å². The Morgan fingerprint density at radius 3 is 2.89 bits per heavy atom. The van der Waals surface area contributed by atoms with Crippen LogP contribution in [0.5, 0.6) is 5.75 Å². The van der Waals surface area contributed by atoms with E-state index >= 15 is 4.39 Å². The molecule has 3 aromatic rings. The maximum absolute atomic E-state index is 15.4. The van der Waals surface area contributed by atoms with Crippen molar-refractivity contribution in [2.75, 3.05) is 32.5 Å². The fourth-order valence-corrected chi connectivity index (χ4v) is 5.95. The average molecular weight is 501 g/mol. The van der Waals surface area contributed by atoms with Gasteiger partial charge in [0.15, 0.2) is 5.16 Å². The molecule has 0 bridgehead atoms. The summed E-state index contributed by atoms with van der Waals surface area (Å²) < 4.78 is 22.8. The molecule has 9 heteroatoms. The number of methoxy groups -OCH3 is 1. The van der Waals surface area contributed by atoms with Crippen molar-refractivity contribution in [1.29, 1.82) is 0 Å². The lowest BCUT2D eigenvalue weighted by atomic mass is 9.79. The van der Waals surface area contributed by atoms with Crippen molar-refractivity contribution in [3.05, 3.63) is 48.4 Å². The zero-order valence-corrected chi connectivity index (χ0v) is 21.1. The van der Waals surface area contributed by atoms with Crippen LogP contribution in [0.1, 0.15) is 37.4 Å². The number of piperidine rings is 1. The first kappa shape index (κ1) is 25.4. The number of fused-ring (bicyclic) bond motifs is 1. The topological polar surface area (TPSA) is 80.5 Å². The number of carbonyl (C=O) groups is 1. The molecule has 35 heavy (non-hydrogen) atoms. The summed E-state index contributed by atoms with van der Waals surface area (Å²) in [7, 11) is 3.57. The lowest BCUT2D eigenvalue weighted by molar-refractivity contribution is -0.139. The molecule has 7 nitrogen and oxygen atoms in total. The molecule has 1 fully saturated rings. The molecule has 1 N–H and O–H groups in total. The van der Waals surface area contributed by atoms with Crippen molar-refractivity contribution in [3.8, 4) is 5.75 Å². The van der Waals surface area contributed by atoms with Crippen LogP contribution in [-0.2, 0) is 11.8 Å². The van der Waals surface area contributed by atoms with Gasteiger partial charge in [-0.3, -0.25) is 9.78 Å². The zero-order valence-electron chi connectivity index (χ0n) is 20.3. The molecular formula is C26H33FN4O3S. The molecule has 1 unspecified atom stereocenters. The number of imidazole rings is 1. The minimum absolute atomic E-state index is 0.0286. The first-order chi connectivity index (χ1) is 16.9. The largest absolute Gasteiger partial charge is 0.497 e. The van der Waals surface area contributed by atoms with Gasteiger partial charge >= 0.3 is 5.97 Å². The van der Waals surface area contributed by atoms with E-state index < -0.39 is 12.1 Å². The van der Waals surface area contributed by atoms with Crippen molar-refractivity contribution in [3.63, 3.8) is 0 Å². The summed E-state index contributed by atoms with van der Waals surface area (Å²) in [5.74, 6) is 1.02. The third kappa shape index (κ3) is 6.52. The summed E-state index contributed by atoms with van der Waals surface area (Å²) in [6.45, 7) is 2.54. The van der Waals surface area contributed by atoms with Gasteiger partial charge in [0.05, 0.1) is 12.6 Å². The highest BCUT2D eigenvalue weighted by atomic mass is 32.2. The lowest BCUT2D eigenvalue weighted by Crippen LogP contribution is -2.42. The quantitative estimate of drug-likeness (QED) is 0.372. The molecule has 0 aliphatic carbocycles. The van der Waals surface area contributed by atoms with E-state index in [4.69, 9.17) is 4.74 Å². The number of thioether (sulfide) groups is 1. The normalized spacial score (nSPS) is 19.6. The number of alkyl halides is 1. The van der Waals surface area contributed by atoms with Crippen LogP contribution in [0.3, 0.4) is 0 Å². The maximum atomic E-state index is 15.4. The molecule has 1 aromatic carbocycles. The van der Waals surface area contributed by atoms with E-state index in [1.54, 1.807) is 37.3 Å². The molecule has 3 atom stereocenters. The number of halogens is 1. The van der Waals surface area contributed by atoms with Crippen LogP contribution in [0.25, 0.3) is 10.9 Å². The predicted octanol–water partition coefficient (Wildman–Crippen LogP) is 4.97. The Bertz CT molecular complexity index is 1140. The molecule has 1 saturated heterocycles. The van der Waals surface area contributed by atoms with Gasteiger partial charge in [-0.25, -0.2) is 9.37 Å². The van der Waals surface area contributed by atoms with E-state index in [2.05, 4.69) is 14.9 Å². The van der Waals surface area contributed by atoms with Gasteiger partial charge in [0, 0.05) is 56.3 Å². The van der Waals surface area contributed by atoms with Gasteiger partial charge < -0.3 is 19.3 Å². The molecule has 188 valence electrons. The van der Waals surface area contributed by atoms with Crippen molar-refractivity contribution in [1.82, 2.24) is 19.4 Å². The van der Waals surface area contributed by atoms with Gasteiger partial charge in [0.2, 0.25) is 0 Å². The van der Waals surface area contributed by atoms with Crippen molar-refractivity contribution in [2.45, 2.75) is 37.0 Å². The second kappa shape index (κ2) is 11.9. The van der Waals surface area contributed by atoms with Gasteiger partial charge in [0.25, 0.3) is 0 Å². The van der Waals surface area contributed by atoms with E-state index in [1.165, 1.54) is 0 Å². The summed E-state index contributed by atoms with van der Waals surface area (Å²) in [5.41, 5.74) is 1.36. The van der Waals surface area contributed by atoms with E-state index in [1.807, 2.05) is 36.0 Å². The van der Waals surface area contributed by atoms with Crippen molar-refractivity contribution < 1.29 is 19.0 Å². The van der Waals surface area contributed by atoms with Crippen LogP contribution >= 0.6 is 11.8 Å². The molecular weight excluding hydrogens is 467 g/mol. The van der Waals surface area contributed by atoms with E-state index in [9.17, 15) is 9.90 Å². The number of nitrogens with zero attached hydrogens (tertiary/aromatic N) is 4. The molecule has 4 rings (SSSR count). The standard InChI is InChI=1S/C26H33FN4O3S/c1-30-12-10-29-26(30)35-14-13-31-11-8-18(19(17-31)15-25(32)33)3-5-23(27)21-7-9-28-24-6-4-20(34-2)16-22(21)24/h4,6-7,9-10,12,16,18-19,23H,3,5,8,11,13-15,17H2,1-2H3,(H,32,33)/t18-,19+,23?/m1/s1. The Balaban J connectivity index is 1.35. The second-order valence-electron chi connectivity index (χ2n) is 9.20. The molecule has 2 aromatic heterocycles. The first-order valence-corrected chi connectivity index (χ1v) is 13.0. The third-order valence-electron chi connectivity index (χ3n) is 6.94. The number of pyridine rings is 1. The molecule has 0 amide bonds. The Hall–Kier alpha value is -2.65. The number of aryl methyl sites for hydroxylation is 1. The van der Waals surface area contributed by atoms with E-state index in [-0.39, 0.29) is 18.3 Å². The van der Waals surface area contributed by atoms with E-state index in [0.717, 1.165) is 47.9 Å². The Morgan fingerprint density at radius 1 is 1.29 bits per heavy atom. The maximum Gasteiger partial charge on any atom is 0.303 e. The highest BCUT2D eigenvalue weighted by molar-refractivity contribution is 7.99. The molecule has 1 aliphatic rings. The molecule has 0 spiro atoms. The number of likely N-dealkylation sites (tertiary alicyclic amines) is 1. The highest BCUT2D eigenvalue weighted by Crippen LogP contribution is 2.36. The van der Waals surface area contributed by atoms with Crippen LogP contribution in [0.2, 0.25) is 0 Å². The summed E-state index contributed by atoms with van der Waals surface area (Å²) in [4.78, 5) is 22.6. The molecule has 3 heterocycles. The van der Waals surface area contributed by atoms with Gasteiger partial charge in [-0.1, -0.05) is 11.8 Å². The summed E-state index contributed by atoms with van der Waals surface area (Å²) in [6.07, 6.45) is 6.29. The molecule has 0 saturated carbocycles. The van der Waals surface area contributed by atoms with Crippen LogP contribution in [-0.4, -0.2) is 63.0 Å². The monoisotopic (exact) mass is 500 g/mol. The zero-order chi connectivity index (χ0) is 24.8. The number of hydrogen-bond donors (Lipinski definition) is 1. The fourth-order valence-electron chi connectivity index (χ4n) is 5.01. The number of benzene rings is 1. The smallest absolute Gasteiger partial charge is 0.303 e. The van der Waals surface area contributed by atoms with Gasteiger partial charge in [-0.05, 0) is 67.5 Å². The second-order valence-corrected chi connectivity index (χ2v) is 10.3. The number of hydrogen-bond acceptors (Lipinski definition) is 6. The Kier molecular flexibility index (Phi) is 8.62. The first-order valence-electron chi connectivity index (χ1n) is 12.1. The number of aromatic nitrogens is 3. The summed E-state index contributed by atoms with van der Waals surface area (Å²) in [6, 6.07) is 7.24. The Labute approximate surface area is 209 Å². The Morgan fingerprint density at radius 2 is 2.14 bits per heavy atom. The van der Waals surface area contributed by atoms with Crippen LogP contribution in [0.4, 0.5) is 4.39 Å². The fraction of sp³-hybridized carbons (Fsp3) is 0.500. The lowest BCUT2D eigenvalue weighted by Gasteiger charge is -2.38. The van der Waals surface area contributed by atoms with Crippen LogP contribution in [0, 0.1) is 11.8 Å². The van der Waals surface area contributed by atoms with Crippen molar-refractivity contribution >= 4 is 28.6 Å². The SMILES string of the molecule is COc1ccc2nccc(C(F)CC[C@@H]3CCN(CCSc4nccn4C)C[C@@H]3CC(=O)O)c2c1. The summed E-state index contributed by atoms with van der Waals surface area (Å²) >= 11 is 1.71. The average Bonchev–Trinajstić information content (AvgIpc) is 3.26. The minimum atomic E-state index is -1.13. The van der Waals surface area contributed by atoms with Gasteiger partial charge in [0.1, 0.15) is 11.9 Å². The van der Waals surface area contributed by atoms with Gasteiger partial charge in [-0.15, -0.1) is 0 Å². The van der Waals surface area contributed by atoms with Crippen molar-refractivity contribution in [2.24, 2.45) is 18.9 Å². The predicted molar refractivity (Wildman–Crippen MR) is 136 cm³/mol.